The van der Waals surface area contributed by atoms with E-state index in [4.69, 9.17) is 5.73 Å². The second-order valence-electron chi connectivity index (χ2n) is 5.74. The highest BCUT2D eigenvalue weighted by atomic mass is 16.3. The van der Waals surface area contributed by atoms with Gasteiger partial charge in [-0.25, -0.2) is 0 Å². The Bertz CT molecular complexity index is 391. The van der Waals surface area contributed by atoms with E-state index < -0.39 is 6.10 Å². The van der Waals surface area contributed by atoms with Gasteiger partial charge in [-0.2, -0.15) is 0 Å². The first-order valence-corrected chi connectivity index (χ1v) is 6.98. The number of aliphatic hydroxyl groups excluding tert-OH is 1. The summed E-state index contributed by atoms with van der Waals surface area (Å²) in [7, 11) is 4.21. The Morgan fingerprint density at radius 3 is 2.68 bits per heavy atom. The van der Waals surface area contributed by atoms with Crippen molar-refractivity contribution in [3.8, 4) is 0 Å². The van der Waals surface area contributed by atoms with Crippen LogP contribution in [-0.2, 0) is 0 Å². The fraction of sp³-hybridized carbons (Fsp3) is 0.600. The van der Waals surface area contributed by atoms with E-state index in [2.05, 4.69) is 23.9 Å². The van der Waals surface area contributed by atoms with Gasteiger partial charge in [0.05, 0.1) is 6.10 Å². The van der Waals surface area contributed by atoms with Crippen molar-refractivity contribution < 1.29 is 5.11 Å². The summed E-state index contributed by atoms with van der Waals surface area (Å²) in [4.78, 5) is 4.62. The van der Waals surface area contributed by atoms with E-state index in [1.165, 1.54) is 12.8 Å². The van der Waals surface area contributed by atoms with Gasteiger partial charge in [0.15, 0.2) is 0 Å². The third-order valence-corrected chi connectivity index (χ3v) is 3.80. The van der Waals surface area contributed by atoms with Crippen LogP contribution in [0.5, 0.6) is 0 Å². The summed E-state index contributed by atoms with van der Waals surface area (Å²) in [5, 5.41) is 10.3. The number of nitrogens with zero attached hydrogens (tertiary/aromatic N) is 2. The van der Waals surface area contributed by atoms with Crippen LogP contribution in [0.2, 0.25) is 0 Å². The smallest absolute Gasteiger partial charge is 0.0917 e. The highest BCUT2D eigenvalue weighted by Gasteiger charge is 2.26. The van der Waals surface area contributed by atoms with Crippen LogP contribution in [0.15, 0.2) is 24.3 Å². The number of likely N-dealkylation sites (N-methyl/N-ethyl adjacent to an activating group) is 1. The second kappa shape index (κ2) is 6.37. The minimum absolute atomic E-state index is 0.427. The zero-order valence-corrected chi connectivity index (χ0v) is 11.9. The van der Waals surface area contributed by atoms with Crippen LogP contribution in [0.4, 0.5) is 5.69 Å². The van der Waals surface area contributed by atoms with Gasteiger partial charge in [0.25, 0.3) is 0 Å². The number of anilines is 1. The highest BCUT2D eigenvalue weighted by molar-refractivity contribution is 5.39. The normalized spacial score (nSPS) is 22.0. The molecule has 0 bridgehead atoms. The van der Waals surface area contributed by atoms with E-state index in [1.807, 2.05) is 24.3 Å². The molecule has 19 heavy (non-hydrogen) atoms. The van der Waals surface area contributed by atoms with Gasteiger partial charge in [-0.15, -0.1) is 0 Å². The van der Waals surface area contributed by atoms with Crippen molar-refractivity contribution in [3.63, 3.8) is 0 Å². The predicted octanol–water partition coefficient (Wildman–Crippen LogP) is 1.33. The summed E-state index contributed by atoms with van der Waals surface area (Å²) in [6.45, 7) is 2.86. The number of hydrogen-bond donors (Lipinski definition) is 2. The van der Waals surface area contributed by atoms with Gasteiger partial charge in [-0.1, -0.05) is 12.1 Å². The maximum Gasteiger partial charge on any atom is 0.0917 e. The number of hydrogen-bond acceptors (Lipinski definition) is 4. The Kier molecular flexibility index (Phi) is 4.80. The maximum atomic E-state index is 10.3. The molecule has 3 N–H and O–H groups in total. The number of nitrogens with two attached hydrogens (primary N) is 1. The molecule has 4 nitrogen and oxygen atoms in total. The van der Waals surface area contributed by atoms with Crippen molar-refractivity contribution in [3.05, 3.63) is 29.8 Å². The molecular weight excluding hydrogens is 238 g/mol. The molecule has 1 aliphatic heterocycles. The molecule has 106 valence electrons. The summed E-state index contributed by atoms with van der Waals surface area (Å²) in [6.07, 6.45) is 2.03. The highest BCUT2D eigenvalue weighted by Crippen LogP contribution is 2.22. The molecule has 0 radical (unpaired) electrons. The fourth-order valence-electron chi connectivity index (χ4n) is 2.81. The lowest BCUT2D eigenvalue weighted by molar-refractivity contribution is 0.0980. The SMILES string of the molecule is CN(C)CC1CCCN1CC(O)c1ccc(N)cc1. The molecule has 0 aliphatic carbocycles. The van der Waals surface area contributed by atoms with E-state index in [-0.39, 0.29) is 0 Å². The van der Waals surface area contributed by atoms with Crippen LogP contribution in [0.3, 0.4) is 0 Å². The number of nitrogen functional groups attached to an aromatic ring is 1. The summed E-state index contributed by atoms with van der Waals surface area (Å²) in [6, 6.07) is 8.09. The van der Waals surface area contributed by atoms with Crippen LogP contribution in [0, 0.1) is 0 Å². The standard InChI is InChI=1S/C15H25N3O/c1-17(2)10-14-4-3-9-18(14)11-15(19)12-5-7-13(16)8-6-12/h5-8,14-15,19H,3-4,9-11,16H2,1-2H3. The molecular formula is C15H25N3O. The lowest BCUT2D eigenvalue weighted by Crippen LogP contribution is -2.39. The van der Waals surface area contributed by atoms with Gasteiger partial charge in [0, 0.05) is 24.8 Å². The largest absolute Gasteiger partial charge is 0.399 e. The van der Waals surface area contributed by atoms with E-state index in [0.717, 1.165) is 24.3 Å². The molecule has 2 rings (SSSR count). The van der Waals surface area contributed by atoms with Crippen molar-refractivity contribution in [1.82, 2.24) is 9.80 Å². The maximum absolute atomic E-state index is 10.3. The van der Waals surface area contributed by atoms with Gasteiger partial charge < -0.3 is 15.7 Å². The zero-order chi connectivity index (χ0) is 13.8. The third kappa shape index (κ3) is 3.93. The Morgan fingerprint density at radius 1 is 1.37 bits per heavy atom. The topological polar surface area (TPSA) is 52.7 Å². The van der Waals surface area contributed by atoms with E-state index in [0.29, 0.717) is 12.6 Å². The Hall–Kier alpha value is -1.10. The molecule has 1 heterocycles. The summed E-state index contributed by atoms with van der Waals surface area (Å²) in [5.74, 6) is 0. The van der Waals surface area contributed by atoms with Crippen LogP contribution >= 0.6 is 0 Å². The van der Waals surface area contributed by atoms with Crippen LogP contribution in [0.1, 0.15) is 24.5 Å². The molecule has 1 aromatic carbocycles. The molecule has 2 atom stereocenters. The second-order valence-corrected chi connectivity index (χ2v) is 5.74. The number of aliphatic hydroxyl groups is 1. The molecule has 0 amide bonds. The number of benzene rings is 1. The first-order valence-electron chi connectivity index (χ1n) is 6.98. The quantitative estimate of drug-likeness (QED) is 0.787. The van der Waals surface area contributed by atoms with Crippen molar-refractivity contribution >= 4 is 5.69 Å². The molecule has 1 fully saturated rings. The average Bonchev–Trinajstić information content (AvgIpc) is 2.76. The first kappa shape index (κ1) is 14.3. The fourth-order valence-corrected chi connectivity index (χ4v) is 2.81. The summed E-state index contributed by atoms with van der Waals surface area (Å²) < 4.78 is 0. The van der Waals surface area contributed by atoms with Crippen molar-refractivity contribution in [2.45, 2.75) is 25.0 Å². The number of rotatable bonds is 5. The molecule has 0 aromatic heterocycles. The van der Waals surface area contributed by atoms with Crippen LogP contribution in [-0.4, -0.2) is 54.7 Å². The van der Waals surface area contributed by atoms with Gasteiger partial charge in [-0.3, -0.25) is 4.90 Å². The van der Waals surface area contributed by atoms with E-state index in [9.17, 15) is 5.11 Å². The van der Waals surface area contributed by atoms with Crippen molar-refractivity contribution in [1.29, 1.82) is 0 Å². The summed E-state index contributed by atoms with van der Waals surface area (Å²) in [5.41, 5.74) is 7.36. The molecule has 0 spiro atoms. The van der Waals surface area contributed by atoms with Crippen molar-refractivity contribution in [2.24, 2.45) is 0 Å². The molecule has 1 saturated heterocycles. The van der Waals surface area contributed by atoms with Gasteiger partial charge in [-0.05, 0) is 51.2 Å². The Balaban J connectivity index is 1.94. The molecule has 1 aliphatic rings. The summed E-state index contributed by atoms with van der Waals surface area (Å²) >= 11 is 0. The lowest BCUT2D eigenvalue weighted by atomic mass is 10.1. The van der Waals surface area contributed by atoms with Gasteiger partial charge in [0.2, 0.25) is 0 Å². The van der Waals surface area contributed by atoms with Gasteiger partial charge in [0.1, 0.15) is 0 Å². The van der Waals surface area contributed by atoms with Gasteiger partial charge >= 0.3 is 0 Å². The van der Waals surface area contributed by atoms with Crippen molar-refractivity contribution in [2.75, 3.05) is 39.5 Å². The molecule has 1 aromatic rings. The van der Waals surface area contributed by atoms with E-state index in [1.54, 1.807) is 0 Å². The average molecular weight is 263 g/mol. The zero-order valence-electron chi connectivity index (χ0n) is 11.9. The Labute approximate surface area is 115 Å². The van der Waals surface area contributed by atoms with E-state index >= 15 is 0 Å². The number of β-amino-alcohol motifs (C(OH)–C–C–N with tert-alkyl or cyclic N) is 1. The van der Waals surface area contributed by atoms with Crippen LogP contribution < -0.4 is 5.73 Å². The predicted molar refractivity (Wildman–Crippen MR) is 79.0 cm³/mol. The number of likely N-dealkylation sites (tertiary alicyclic amines) is 1. The lowest BCUT2D eigenvalue weighted by Gasteiger charge is -2.29. The first-order chi connectivity index (χ1) is 9.06. The Morgan fingerprint density at radius 2 is 2.05 bits per heavy atom. The molecule has 2 unspecified atom stereocenters. The molecule has 4 heteroatoms. The minimum atomic E-state index is -0.427. The minimum Gasteiger partial charge on any atom is -0.399 e. The molecule has 0 saturated carbocycles. The van der Waals surface area contributed by atoms with Crippen LogP contribution in [0.25, 0.3) is 0 Å². The monoisotopic (exact) mass is 263 g/mol. The third-order valence-electron chi connectivity index (χ3n) is 3.80.